The molecule has 0 aliphatic carbocycles. The number of rotatable bonds is 1. The Labute approximate surface area is 127 Å². The molecule has 1 aromatic heterocycles. The number of anilines is 1. The van der Waals surface area contributed by atoms with Gasteiger partial charge in [-0.2, -0.15) is 13.2 Å². The summed E-state index contributed by atoms with van der Waals surface area (Å²) in [6, 6.07) is 10.1. The summed E-state index contributed by atoms with van der Waals surface area (Å²) in [5, 5.41) is 4.98. The maximum atomic E-state index is 13.0. The second kappa shape index (κ2) is 4.87. The quantitative estimate of drug-likeness (QED) is 0.606. The third-order valence-corrected chi connectivity index (χ3v) is 3.99. The van der Waals surface area contributed by atoms with Crippen LogP contribution in [0, 0.1) is 0 Å². The molecule has 2 aromatic carbocycles. The van der Waals surface area contributed by atoms with Crippen LogP contribution >= 0.6 is 15.9 Å². The molecular weight excluding hydrogens is 345 g/mol. The van der Waals surface area contributed by atoms with Crippen LogP contribution in [-0.4, -0.2) is 12.0 Å². The normalized spacial score (nSPS) is 12.0. The summed E-state index contributed by atoms with van der Waals surface area (Å²) in [4.78, 5) is 3.84. The molecule has 0 bridgehead atoms. The molecule has 108 valence electrons. The Kier molecular flexibility index (Phi) is 3.28. The summed E-state index contributed by atoms with van der Waals surface area (Å²) >= 11 is 3.46. The number of fused-ring (bicyclic) bond motifs is 3. The Morgan fingerprint density at radius 2 is 1.71 bits per heavy atom. The second-order valence-corrected chi connectivity index (χ2v) is 5.46. The molecule has 0 atom stereocenters. The molecule has 0 aliphatic heterocycles. The SMILES string of the molecule is CNc1cc(C(F)(F)F)nc2c1cc(Br)c1ccccc12. The third kappa shape index (κ3) is 2.33. The summed E-state index contributed by atoms with van der Waals surface area (Å²) in [5.74, 6) is 0. The lowest BCUT2D eigenvalue weighted by Gasteiger charge is -2.14. The van der Waals surface area contributed by atoms with E-state index >= 15 is 0 Å². The van der Waals surface area contributed by atoms with E-state index in [1.165, 1.54) is 0 Å². The molecule has 0 saturated heterocycles. The fraction of sp³-hybridized carbons (Fsp3) is 0.133. The molecule has 0 unspecified atom stereocenters. The molecule has 0 aliphatic rings. The van der Waals surface area contributed by atoms with Gasteiger partial charge in [-0.1, -0.05) is 40.2 Å². The molecule has 0 amide bonds. The van der Waals surface area contributed by atoms with E-state index in [4.69, 9.17) is 0 Å². The first kappa shape index (κ1) is 14.1. The number of nitrogens with one attached hydrogen (secondary N) is 1. The van der Waals surface area contributed by atoms with Gasteiger partial charge in [0.15, 0.2) is 0 Å². The fourth-order valence-electron chi connectivity index (χ4n) is 2.36. The summed E-state index contributed by atoms with van der Waals surface area (Å²) in [6.45, 7) is 0. The van der Waals surface area contributed by atoms with Gasteiger partial charge in [-0.15, -0.1) is 0 Å². The highest BCUT2D eigenvalue weighted by atomic mass is 79.9. The highest BCUT2D eigenvalue weighted by molar-refractivity contribution is 9.10. The zero-order valence-corrected chi connectivity index (χ0v) is 12.5. The number of benzene rings is 2. The Bertz CT molecular complexity index is 844. The first-order valence-corrected chi connectivity index (χ1v) is 6.98. The molecule has 2 nitrogen and oxygen atoms in total. The molecule has 3 rings (SSSR count). The molecule has 3 aromatic rings. The summed E-state index contributed by atoms with van der Waals surface area (Å²) in [7, 11) is 1.60. The van der Waals surface area contributed by atoms with Crippen LogP contribution in [0.3, 0.4) is 0 Å². The molecule has 0 radical (unpaired) electrons. The Morgan fingerprint density at radius 3 is 2.33 bits per heavy atom. The van der Waals surface area contributed by atoms with Gasteiger partial charge in [0, 0.05) is 28.0 Å². The van der Waals surface area contributed by atoms with Crippen molar-refractivity contribution in [1.29, 1.82) is 0 Å². The van der Waals surface area contributed by atoms with Crippen molar-refractivity contribution in [1.82, 2.24) is 4.98 Å². The van der Waals surface area contributed by atoms with Crippen molar-refractivity contribution in [2.24, 2.45) is 0 Å². The highest BCUT2D eigenvalue weighted by Crippen LogP contribution is 2.38. The van der Waals surface area contributed by atoms with Crippen molar-refractivity contribution < 1.29 is 13.2 Å². The largest absolute Gasteiger partial charge is 0.433 e. The molecule has 0 saturated carbocycles. The number of hydrogen-bond donors (Lipinski definition) is 1. The van der Waals surface area contributed by atoms with E-state index in [2.05, 4.69) is 26.2 Å². The first-order chi connectivity index (χ1) is 9.91. The van der Waals surface area contributed by atoms with Crippen LogP contribution in [0.5, 0.6) is 0 Å². The van der Waals surface area contributed by atoms with Crippen LogP contribution in [0.25, 0.3) is 21.7 Å². The van der Waals surface area contributed by atoms with Gasteiger partial charge < -0.3 is 5.32 Å². The molecule has 0 fully saturated rings. The first-order valence-electron chi connectivity index (χ1n) is 6.19. The van der Waals surface area contributed by atoms with Crippen LogP contribution in [0.4, 0.5) is 18.9 Å². The Hall–Kier alpha value is -1.82. The minimum Gasteiger partial charge on any atom is -0.388 e. The predicted molar refractivity (Wildman–Crippen MR) is 81.5 cm³/mol. The number of alkyl halides is 3. The summed E-state index contributed by atoms with van der Waals surface area (Å²) < 4.78 is 39.9. The van der Waals surface area contributed by atoms with E-state index in [0.717, 1.165) is 15.9 Å². The molecule has 21 heavy (non-hydrogen) atoms. The van der Waals surface area contributed by atoms with E-state index in [1.54, 1.807) is 25.2 Å². The third-order valence-electron chi connectivity index (χ3n) is 3.33. The lowest BCUT2D eigenvalue weighted by atomic mass is 10.0. The van der Waals surface area contributed by atoms with Gasteiger partial charge >= 0.3 is 6.18 Å². The van der Waals surface area contributed by atoms with Crippen molar-refractivity contribution in [2.75, 3.05) is 12.4 Å². The van der Waals surface area contributed by atoms with Gasteiger partial charge in [-0.25, -0.2) is 4.98 Å². The van der Waals surface area contributed by atoms with Gasteiger partial charge in [-0.05, 0) is 17.5 Å². The maximum absolute atomic E-state index is 13.0. The predicted octanol–water partition coefficient (Wildman–Crippen LogP) is 5.21. The zero-order chi connectivity index (χ0) is 15.2. The van der Waals surface area contributed by atoms with Crippen LogP contribution in [0.15, 0.2) is 40.9 Å². The van der Waals surface area contributed by atoms with Crippen molar-refractivity contribution in [3.05, 3.63) is 46.6 Å². The Morgan fingerprint density at radius 1 is 1.05 bits per heavy atom. The lowest BCUT2D eigenvalue weighted by Crippen LogP contribution is -2.09. The smallest absolute Gasteiger partial charge is 0.388 e. The van der Waals surface area contributed by atoms with E-state index in [1.807, 2.05) is 12.1 Å². The van der Waals surface area contributed by atoms with Gasteiger partial charge in [0.1, 0.15) is 5.69 Å². The molecular formula is C15H10BrF3N2. The number of aromatic nitrogens is 1. The maximum Gasteiger partial charge on any atom is 0.433 e. The fourth-order valence-corrected chi connectivity index (χ4v) is 2.94. The average molecular weight is 355 g/mol. The van der Waals surface area contributed by atoms with Crippen LogP contribution in [0.1, 0.15) is 5.69 Å². The minimum absolute atomic E-state index is 0.341. The van der Waals surface area contributed by atoms with Gasteiger partial charge in [0.05, 0.1) is 5.52 Å². The molecule has 1 heterocycles. The van der Waals surface area contributed by atoms with Gasteiger partial charge in [-0.3, -0.25) is 0 Å². The lowest BCUT2D eigenvalue weighted by molar-refractivity contribution is -0.140. The number of hydrogen-bond acceptors (Lipinski definition) is 2. The van der Waals surface area contributed by atoms with Crippen LogP contribution in [-0.2, 0) is 6.18 Å². The van der Waals surface area contributed by atoms with E-state index in [9.17, 15) is 13.2 Å². The number of nitrogens with zero attached hydrogens (tertiary/aromatic N) is 1. The van der Waals surface area contributed by atoms with Crippen molar-refractivity contribution in [3.8, 4) is 0 Å². The number of halogens is 4. The van der Waals surface area contributed by atoms with Crippen molar-refractivity contribution in [2.45, 2.75) is 6.18 Å². The minimum atomic E-state index is -4.48. The Balaban J connectivity index is 2.51. The summed E-state index contributed by atoms with van der Waals surface area (Å²) in [5.41, 5.74) is -0.154. The molecule has 1 N–H and O–H groups in total. The highest BCUT2D eigenvalue weighted by Gasteiger charge is 2.33. The van der Waals surface area contributed by atoms with Crippen molar-refractivity contribution in [3.63, 3.8) is 0 Å². The van der Waals surface area contributed by atoms with Crippen LogP contribution < -0.4 is 5.32 Å². The van der Waals surface area contributed by atoms with Crippen molar-refractivity contribution >= 4 is 43.3 Å². The van der Waals surface area contributed by atoms with Crippen LogP contribution in [0.2, 0.25) is 0 Å². The van der Waals surface area contributed by atoms with E-state index in [0.29, 0.717) is 22.0 Å². The van der Waals surface area contributed by atoms with Gasteiger partial charge in [0.2, 0.25) is 0 Å². The van der Waals surface area contributed by atoms with E-state index < -0.39 is 11.9 Å². The second-order valence-electron chi connectivity index (χ2n) is 4.60. The summed E-state index contributed by atoms with van der Waals surface area (Å²) in [6.07, 6.45) is -4.48. The standard InChI is InChI=1S/C15H10BrF3N2/c1-20-12-7-13(15(17,18)19)21-14-9-5-3-2-4-8(9)11(16)6-10(12)14/h2-7H,1H3,(H,20,21). The monoisotopic (exact) mass is 354 g/mol. The molecule has 6 heteroatoms. The molecule has 0 spiro atoms. The number of pyridine rings is 1. The average Bonchev–Trinajstić information content (AvgIpc) is 2.46. The topological polar surface area (TPSA) is 24.9 Å². The van der Waals surface area contributed by atoms with E-state index in [-0.39, 0.29) is 0 Å². The van der Waals surface area contributed by atoms with Gasteiger partial charge in [0.25, 0.3) is 0 Å². The zero-order valence-electron chi connectivity index (χ0n) is 10.9.